The largest absolute Gasteiger partial charge is 0.508 e. The van der Waals surface area contributed by atoms with Crippen molar-refractivity contribution in [2.75, 3.05) is 32.0 Å². The number of benzene rings is 2. The zero-order valence-corrected chi connectivity index (χ0v) is 18.1. The van der Waals surface area contributed by atoms with Gasteiger partial charge >= 0.3 is 0 Å². The number of carbonyl (C=O) groups is 1. The maximum atomic E-state index is 12.6. The third-order valence-electron chi connectivity index (χ3n) is 5.91. The average molecular weight is 437 g/mol. The summed E-state index contributed by atoms with van der Waals surface area (Å²) in [6.45, 7) is 6.50. The second-order valence-corrected chi connectivity index (χ2v) is 8.81. The van der Waals surface area contributed by atoms with Gasteiger partial charge in [0.05, 0.1) is 30.2 Å². The molecule has 0 atom stereocenters. The van der Waals surface area contributed by atoms with Crippen LogP contribution in [0, 0.1) is 6.92 Å². The van der Waals surface area contributed by atoms with Crippen LogP contribution in [0.1, 0.15) is 27.2 Å². The van der Waals surface area contributed by atoms with Crippen LogP contribution in [0.15, 0.2) is 29.6 Å². The van der Waals surface area contributed by atoms with Gasteiger partial charge in [-0.2, -0.15) is 0 Å². The molecule has 1 aromatic heterocycles. The molecule has 0 bridgehead atoms. The van der Waals surface area contributed by atoms with Crippen LogP contribution in [0.25, 0.3) is 21.7 Å². The van der Waals surface area contributed by atoms with Crippen molar-refractivity contribution < 1.29 is 14.6 Å². The second-order valence-electron chi connectivity index (χ2n) is 7.95. The molecule has 7 nitrogen and oxygen atoms in total. The summed E-state index contributed by atoms with van der Waals surface area (Å²) in [5.74, 6) is -0.00736. The van der Waals surface area contributed by atoms with Gasteiger partial charge in [0.1, 0.15) is 10.8 Å². The quantitative estimate of drug-likeness (QED) is 0.543. The smallest absolute Gasteiger partial charge is 0.254 e. The van der Waals surface area contributed by atoms with Crippen LogP contribution < -0.4 is 11.1 Å². The number of nitrogen functional groups attached to an aromatic ring is 1. The van der Waals surface area contributed by atoms with E-state index in [1.165, 1.54) is 0 Å². The summed E-state index contributed by atoms with van der Waals surface area (Å²) in [6.07, 6.45) is 0. The van der Waals surface area contributed by atoms with Gasteiger partial charge in [-0.3, -0.25) is 9.69 Å². The van der Waals surface area contributed by atoms with Gasteiger partial charge in [0, 0.05) is 42.7 Å². The molecular weight excluding hydrogens is 412 g/mol. The van der Waals surface area contributed by atoms with Crippen LogP contribution in [0.5, 0.6) is 5.75 Å². The molecular formula is C23H24N4O3S. The van der Waals surface area contributed by atoms with Gasteiger partial charge < -0.3 is 20.9 Å². The van der Waals surface area contributed by atoms with Crippen molar-refractivity contribution in [2.24, 2.45) is 0 Å². The molecule has 1 fully saturated rings. The van der Waals surface area contributed by atoms with Gasteiger partial charge in [-0.05, 0) is 41.8 Å². The van der Waals surface area contributed by atoms with E-state index in [-0.39, 0.29) is 11.7 Å². The molecule has 4 N–H and O–H groups in total. The first-order chi connectivity index (χ1) is 15.0. The fraction of sp³-hybridized carbons (Fsp3) is 0.304. The lowest BCUT2D eigenvalue weighted by Gasteiger charge is -2.25. The number of ether oxygens (including phenoxy) is 1. The van der Waals surface area contributed by atoms with E-state index in [4.69, 9.17) is 15.5 Å². The topological polar surface area (TPSA) is 101 Å². The first-order valence-electron chi connectivity index (χ1n) is 10.3. The van der Waals surface area contributed by atoms with E-state index in [9.17, 15) is 9.90 Å². The zero-order chi connectivity index (χ0) is 21.5. The van der Waals surface area contributed by atoms with E-state index < -0.39 is 0 Å². The summed E-state index contributed by atoms with van der Waals surface area (Å²) in [6, 6.07) is 7.19. The number of amides is 1. The molecule has 0 unspecified atom stereocenters. The number of phenolic OH excluding ortho intramolecular Hbond substituents is 1. The third-order valence-corrected chi connectivity index (χ3v) is 6.84. The van der Waals surface area contributed by atoms with E-state index in [0.29, 0.717) is 17.8 Å². The van der Waals surface area contributed by atoms with Gasteiger partial charge in [-0.1, -0.05) is 6.07 Å². The number of nitrogens with two attached hydrogens (primary N) is 1. The average Bonchev–Trinajstić information content (AvgIpc) is 3.38. The van der Waals surface area contributed by atoms with Gasteiger partial charge in [-0.25, -0.2) is 4.98 Å². The SMILES string of the molecule is Cc1ccc(O)cc1-c1cc(-c2nc(CN3CCOCC3)cs2)c2c(c1N)C(=O)NC2. The standard InChI is InChI=1S/C23H24N4O3S/c1-13-2-3-15(28)8-16(13)17-9-18(19-10-25-22(29)20(19)21(17)24)23-26-14(12-31-23)11-27-4-6-30-7-5-27/h2-3,8-9,12,28H,4-7,10-11,24H2,1H3,(H,25,29). The van der Waals surface area contributed by atoms with Crippen molar-refractivity contribution in [2.45, 2.75) is 20.0 Å². The van der Waals surface area contributed by atoms with Crippen molar-refractivity contribution in [3.05, 3.63) is 52.0 Å². The summed E-state index contributed by atoms with van der Waals surface area (Å²) in [5, 5.41) is 15.9. The van der Waals surface area contributed by atoms with Crippen LogP contribution in [0.3, 0.4) is 0 Å². The number of nitrogens with zero attached hydrogens (tertiary/aromatic N) is 2. The van der Waals surface area contributed by atoms with Crippen LogP contribution in [0.4, 0.5) is 5.69 Å². The fourth-order valence-electron chi connectivity index (χ4n) is 4.25. The second kappa shape index (κ2) is 7.96. The Bertz CT molecular complexity index is 1170. The minimum atomic E-state index is -0.168. The number of aryl methyl sites for hydroxylation is 1. The lowest BCUT2D eigenvalue weighted by Crippen LogP contribution is -2.35. The third kappa shape index (κ3) is 3.67. The zero-order valence-electron chi connectivity index (χ0n) is 17.3. The highest BCUT2D eigenvalue weighted by molar-refractivity contribution is 7.13. The Balaban J connectivity index is 1.59. The van der Waals surface area contributed by atoms with Gasteiger partial charge in [0.2, 0.25) is 0 Å². The van der Waals surface area contributed by atoms with Gasteiger partial charge in [-0.15, -0.1) is 11.3 Å². The molecule has 2 aromatic carbocycles. The van der Waals surface area contributed by atoms with Crippen LogP contribution in [-0.2, 0) is 17.8 Å². The summed E-state index contributed by atoms with van der Waals surface area (Å²) in [4.78, 5) is 19.8. The Morgan fingerprint density at radius 1 is 1.23 bits per heavy atom. The summed E-state index contributed by atoms with van der Waals surface area (Å²) in [5.41, 5.74) is 12.8. The number of morpholine rings is 1. The Morgan fingerprint density at radius 2 is 2.03 bits per heavy atom. The molecule has 160 valence electrons. The minimum absolute atomic E-state index is 0.161. The monoisotopic (exact) mass is 436 g/mol. The summed E-state index contributed by atoms with van der Waals surface area (Å²) in [7, 11) is 0. The number of carbonyl (C=O) groups excluding carboxylic acids is 1. The maximum Gasteiger partial charge on any atom is 0.254 e. The molecule has 1 saturated heterocycles. The van der Waals surface area contributed by atoms with Crippen molar-refractivity contribution in [1.29, 1.82) is 0 Å². The number of fused-ring (bicyclic) bond motifs is 1. The molecule has 8 heteroatoms. The number of rotatable bonds is 4. The normalized spacial score (nSPS) is 16.4. The lowest BCUT2D eigenvalue weighted by atomic mass is 9.91. The van der Waals surface area contributed by atoms with Crippen molar-refractivity contribution in [3.8, 4) is 27.4 Å². The van der Waals surface area contributed by atoms with Crippen molar-refractivity contribution >= 4 is 22.9 Å². The molecule has 0 saturated carbocycles. The minimum Gasteiger partial charge on any atom is -0.508 e. The highest BCUT2D eigenvalue weighted by Gasteiger charge is 2.29. The van der Waals surface area contributed by atoms with E-state index in [2.05, 4.69) is 15.6 Å². The number of thiazole rings is 1. The molecule has 2 aliphatic rings. The highest BCUT2D eigenvalue weighted by atomic mass is 32.1. The van der Waals surface area contributed by atoms with Crippen LogP contribution >= 0.6 is 11.3 Å². The number of phenols is 1. The lowest BCUT2D eigenvalue weighted by molar-refractivity contribution is 0.0337. The van der Waals surface area contributed by atoms with Gasteiger partial charge in [0.25, 0.3) is 5.91 Å². The first kappa shape index (κ1) is 20.0. The Labute approximate surface area is 184 Å². The molecule has 3 heterocycles. The van der Waals surface area contributed by atoms with Crippen LogP contribution in [-0.4, -0.2) is 47.2 Å². The number of hydrogen-bond acceptors (Lipinski definition) is 7. The number of aromatic nitrogens is 1. The number of aromatic hydroxyl groups is 1. The van der Waals surface area contributed by atoms with Crippen molar-refractivity contribution in [3.63, 3.8) is 0 Å². The van der Waals surface area contributed by atoms with E-state index in [1.807, 2.05) is 19.1 Å². The molecule has 2 aliphatic heterocycles. The van der Waals surface area contributed by atoms with Crippen LogP contribution in [0.2, 0.25) is 0 Å². The van der Waals surface area contributed by atoms with Crippen molar-refractivity contribution in [1.82, 2.24) is 15.2 Å². The number of hydrogen-bond donors (Lipinski definition) is 3. The first-order valence-corrected chi connectivity index (χ1v) is 11.2. The molecule has 31 heavy (non-hydrogen) atoms. The van der Waals surface area contributed by atoms with E-state index in [0.717, 1.165) is 71.4 Å². The van der Waals surface area contributed by atoms with E-state index >= 15 is 0 Å². The number of nitrogens with one attached hydrogen (secondary N) is 1. The molecule has 5 rings (SSSR count). The predicted molar refractivity (Wildman–Crippen MR) is 121 cm³/mol. The summed E-state index contributed by atoms with van der Waals surface area (Å²) < 4.78 is 5.43. The molecule has 0 radical (unpaired) electrons. The van der Waals surface area contributed by atoms with E-state index in [1.54, 1.807) is 23.5 Å². The highest BCUT2D eigenvalue weighted by Crippen LogP contribution is 2.42. The molecule has 0 aliphatic carbocycles. The summed E-state index contributed by atoms with van der Waals surface area (Å²) >= 11 is 1.58. The number of anilines is 1. The molecule has 0 spiro atoms. The Morgan fingerprint density at radius 3 is 2.84 bits per heavy atom. The van der Waals surface area contributed by atoms with Gasteiger partial charge in [0.15, 0.2) is 0 Å². The predicted octanol–water partition coefficient (Wildman–Crippen LogP) is 3.15. The Kier molecular flexibility index (Phi) is 5.13. The Hall–Kier alpha value is -2.94. The molecule has 1 amide bonds. The molecule has 3 aromatic rings. The fourth-order valence-corrected chi connectivity index (χ4v) is 5.10. The maximum absolute atomic E-state index is 12.6.